The van der Waals surface area contributed by atoms with Gasteiger partial charge in [-0.2, -0.15) is 0 Å². The van der Waals surface area contributed by atoms with Gasteiger partial charge in [-0.05, 0) is 85.3 Å². The number of nitrogens with zero attached hydrogens (tertiary/aromatic N) is 2. The Morgan fingerprint density at radius 3 is 1.90 bits per heavy atom. The lowest BCUT2D eigenvalue weighted by atomic mass is 9.80. The van der Waals surface area contributed by atoms with Crippen molar-refractivity contribution in [1.82, 2.24) is 9.55 Å². The first kappa shape index (κ1) is 27.2. The first-order valence-corrected chi connectivity index (χ1v) is 16.7. The molecule has 0 saturated carbocycles. The highest BCUT2D eigenvalue weighted by atomic mass is 15.1. The van der Waals surface area contributed by atoms with Gasteiger partial charge < -0.3 is 0 Å². The fourth-order valence-corrected chi connectivity index (χ4v) is 8.39. The molecule has 0 saturated heterocycles. The van der Waals surface area contributed by atoms with Crippen LogP contribution in [0, 0.1) is 0 Å². The van der Waals surface area contributed by atoms with Crippen LogP contribution in [0.3, 0.4) is 0 Å². The molecule has 0 atom stereocenters. The predicted octanol–water partition coefficient (Wildman–Crippen LogP) is 12.1. The van der Waals surface area contributed by atoms with E-state index in [1.807, 2.05) is 0 Å². The lowest BCUT2D eigenvalue weighted by Gasteiger charge is -2.23. The van der Waals surface area contributed by atoms with Crippen molar-refractivity contribution in [2.45, 2.75) is 19.3 Å². The molecular weight excluding hydrogens is 581 g/mol. The number of benzene rings is 7. The molecule has 10 rings (SSSR count). The Kier molecular flexibility index (Phi) is 5.66. The smallest absolute Gasteiger partial charge is 0.138 e. The summed E-state index contributed by atoms with van der Waals surface area (Å²) in [5, 5.41) is 7.60. The third-order valence-electron chi connectivity index (χ3n) is 10.6. The Balaban J connectivity index is 1.33. The van der Waals surface area contributed by atoms with Crippen molar-refractivity contribution in [1.29, 1.82) is 0 Å². The monoisotopic (exact) mass is 612 g/mol. The van der Waals surface area contributed by atoms with Gasteiger partial charge in [0, 0.05) is 21.8 Å². The average molecular weight is 613 g/mol. The number of rotatable bonds is 3. The van der Waals surface area contributed by atoms with Crippen molar-refractivity contribution in [2.75, 3.05) is 0 Å². The molecule has 1 aliphatic rings. The number of aromatic nitrogens is 2. The van der Waals surface area contributed by atoms with Crippen LogP contribution < -0.4 is 0 Å². The van der Waals surface area contributed by atoms with E-state index in [2.05, 4.69) is 176 Å². The third-order valence-corrected chi connectivity index (χ3v) is 10.6. The number of pyridine rings is 1. The zero-order valence-corrected chi connectivity index (χ0v) is 26.9. The molecular formula is C46H32N2. The molecule has 0 bridgehead atoms. The Bertz CT molecular complexity index is 2750. The van der Waals surface area contributed by atoms with Crippen molar-refractivity contribution in [3.05, 3.63) is 169 Å². The highest BCUT2D eigenvalue weighted by Crippen LogP contribution is 2.54. The molecule has 0 amide bonds. The maximum atomic E-state index is 5.27. The van der Waals surface area contributed by atoms with Crippen LogP contribution in [-0.4, -0.2) is 9.55 Å². The van der Waals surface area contributed by atoms with Crippen LogP contribution in [0.1, 0.15) is 25.0 Å². The average Bonchev–Trinajstić information content (AvgIpc) is 3.60. The van der Waals surface area contributed by atoms with Crippen LogP contribution in [0.2, 0.25) is 0 Å². The van der Waals surface area contributed by atoms with Gasteiger partial charge in [-0.3, -0.25) is 4.57 Å². The minimum Gasteiger partial charge on any atom is -0.294 e. The first-order valence-electron chi connectivity index (χ1n) is 16.7. The third kappa shape index (κ3) is 3.72. The van der Waals surface area contributed by atoms with E-state index in [-0.39, 0.29) is 5.41 Å². The minimum absolute atomic E-state index is 0.110. The van der Waals surface area contributed by atoms with Gasteiger partial charge in [-0.25, -0.2) is 4.98 Å². The Labute approximate surface area is 279 Å². The lowest BCUT2D eigenvalue weighted by molar-refractivity contribution is 0.661. The fraction of sp³-hybridized carbons (Fsp3) is 0.0652. The summed E-state index contributed by atoms with van der Waals surface area (Å²) in [6.07, 6.45) is 0. The molecule has 0 radical (unpaired) electrons. The fourth-order valence-electron chi connectivity index (χ4n) is 8.39. The number of para-hydroxylation sites is 1. The van der Waals surface area contributed by atoms with E-state index in [4.69, 9.17) is 4.98 Å². The second-order valence-corrected chi connectivity index (χ2v) is 13.5. The molecule has 1 aliphatic carbocycles. The van der Waals surface area contributed by atoms with Crippen molar-refractivity contribution in [2.24, 2.45) is 0 Å². The van der Waals surface area contributed by atoms with Crippen LogP contribution in [-0.2, 0) is 5.41 Å². The van der Waals surface area contributed by atoms with Gasteiger partial charge in [0.15, 0.2) is 0 Å². The molecule has 226 valence electrons. The Hall–Kier alpha value is -5.99. The summed E-state index contributed by atoms with van der Waals surface area (Å²) >= 11 is 0. The second-order valence-electron chi connectivity index (χ2n) is 13.5. The van der Waals surface area contributed by atoms with Gasteiger partial charge in [0.2, 0.25) is 0 Å². The molecule has 2 heteroatoms. The number of fused-ring (bicyclic) bond motifs is 10. The van der Waals surface area contributed by atoms with Gasteiger partial charge in [-0.1, -0.05) is 141 Å². The van der Waals surface area contributed by atoms with Crippen molar-refractivity contribution >= 4 is 43.4 Å². The molecule has 9 aromatic rings. The highest BCUT2D eigenvalue weighted by molar-refractivity contribution is 6.25. The van der Waals surface area contributed by atoms with E-state index < -0.39 is 0 Å². The summed E-state index contributed by atoms with van der Waals surface area (Å²) in [7, 11) is 0. The lowest BCUT2D eigenvalue weighted by Crippen LogP contribution is -2.15. The van der Waals surface area contributed by atoms with E-state index in [1.54, 1.807) is 0 Å². The van der Waals surface area contributed by atoms with Gasteiger partial charge in [0.05, 0.1) is 16.7 Å². The number of hydrogen-bond donors (Lipinski definition) is 0. The topological polar surface area (TPSA) is 17.8 Å². The summed E-state index contributed by atoms with van der Waals surface area (Å²) in [5.41, 5.74) is 12.3. The predicted molar refractivity (Wildman–Crippen MR) is 202 cm³/mol. The summed E-state index contributed by atoms with van der Waals surface area (Å²) < 4.78 is 2.36. The van der Waals surface area contributed by atoms with Crippen molar-refractivity contribution < 1.29 is 0 Å². The van der Waals surface area contributed by atoms with Crippen LogP contribution in [0.15, 0.2) is 158 Å². The summed E-state index contributed by atoms with van der Waals surface area (Å²) in [6.45, 7) is 4.75. The molecule has 2 aromatic heterocycles. The second kappa shape index (κ2) is 10.0. The van der Waals surface area contributed by atoms with Crippen LogP contribution in [0.25, 0.3) is 82.7 Å². The first-order chi connectivity index (χ1) is 23.6. The van der Waals surface area contributed by atoms with E-state index in [1.165, 1.54) is 65.7 Å². The van der Waals surface area contributed by atoms with Crippen LogP contribution in [0.4, 0.5) is 0 Å². The van der Waals surface area contributed by atoms with E-state index in [0.29, 0.717) is 0 Å². The number of hydrogen-bond acceptors (Lipinski definition) is 1. The molecule has 0 N–H and O–H groups in total. The summed E-state index contributed by atoms with van der Waals surface area (Å²) in [6, 6.07) is 57.4. The molecule has 2 nitrogen and oxygen atoms in total. The molecule has 0 spiro atoms. The van der Waals surface area contributed by atoms with E-state index >= 15 is 0 Å². The molecule has 0 aliphatic heterocycles. The van der Waals surface area contributed by atoms with Gasteiger partial charge in [0.25, 0.3) is 0 Å². The van der Waals surface area contributed by atoms with E-state index in [0.717, 1.165) is 28.1 Å². The zero-order valence-electron chi connectivity index (χ0n) is 26.9. The summed E-state index contributed by atoms with van der Waals surface area (Å²) in [5.74, 6) is 0.916. The minimum atomic E-state index is -0.110. The normalized spacial score (nSPS) is 13.4. The van der Waals surface area contributed by atoms with Crippen molar-refractivity contribution in [3.8, 4) is 39.3 Å². The molecule has 0 fully saturated rings. The molecule has 2 heterocycles. The van der Waals surface area contributed by atoms with Gasteiger partial charge in [-0.15, -0.1) is 0 Å². The molecule has 0 unspecified atom stereocenters. The Morgan fingerprint density at radius 1 is 0.458 bits per heavy atom. The molecule has 48 heavy (non-hydrogen) atoms. The van der Waals surface area contributed by atoms with Crippen LogP contribution in [0.5, 0.6) is 0 Å². The SMILES string of the molecule is CC1(C)c2ccccc2-c2c1cc(-c1cc3c(c4ccccc14)c1ccccc1n3-c1cccc(-c3ccccc3)n1)c1ccccc21. The molecule has 7 aromatic carbocycles. The highest BCUT2D eigenvalue weighted by Gasteiger charge is 2.37. The summed E-state index contributed by atoms with van der Waals surface area (Å²) in [4.78, 5) is 5.27. The van der Waals surface area contributed by atoms with Crippen LogP contribution >= 0.6 is 0 Å². The largest absolute Gasteiger partial charge is 0.294 e. The van der Waals surface area contributed by atoms with Gasteiger partial charge in [0.1, 0.15) is 5.82 Å². The maximum Gasteiger partial charge on any atom is 0.138 e. The standard InChI is InChI=1S/C46H32N2/c1-46(2)38-23-12-10-21-34(38)44-32-19-8-6-17-30(32)36(27-39(44)46)37-28-42-45(33-20-9-7-18-31(33)37)35-22-11-13-25-41(35)48(42)43-26-14-24-40(47-43)29-15-4-3-5-16-29/h3-28H,1-2H3. The Morgan fingerprint density at radius 2 is 1.08 bits per heavy atom. The zero-order chi connectivity index (χ0) is 32.0. The quantitative estimate of drug-likeness (QED) is 0.194. The van der Waals surface area contributed by atoms with E-state index in [9.17, 15) is 0 Å². The van der Waals surface area contributed by atoms with Gasteiger partial charge >= 0.3 is 0 Å². The van der Waals surface area contributed by atoms with Crippen molar-refractivity contribution in [3.63, 3.8) is 0 Å². The maximum absolute atomic E-state index is 5.27.